The first-order valence-electron chi connectivity index (χ1n) is 6.82. The quantitative estimate of drug-likeness (QED) is 0.409. The largest absolute Gasteiger partial charge is 0.465 e. The summed E-state index contributed by atoms with van der Waals surface area (Å²) in [5, 5.41) is 5.92. The molecule has 0 bridgehead atoms. The minimum absolute atomic E-state index is 0.192. The summed E-state index contributed by atoms with van der Waals surface area (Å²) in [5.41, 5.74) is 0.975. The molecule has 0 saturated heterocycles. The van der Waals surface area contributed by atoms with Gasteiger partial charge in [0.1, 0.15) is 0 Å². The van der Waals surface area contributed by atoms with Crippen LogP contribution < -0.4 is 0 Å². The summed E-state index contributed by atoms with van der Waals surface area (Å²) in [4.78, 5) is 20.0. The molecule has 3 rings (SSSR count). The zero-order valence-electron chi connectivity index (χ0n) is 12.0. The van der Waals surface area contributed by atoms with Gasteiger partial charge in [0.15, 0.2) is 11.0 Å². The highest BCUT2D eigenvalue weighted by Crippen LogP contribution is 2.19. The van der Waals surface area contributed by atoms with Crippen LogP contribution in [0.25, 0.3) is 16.7 Å². The third kappa shape index (κ3) is 3.09. The highest BCUT2D eigenvalue weighted by atomic mass is 32.2. The first kappa shape index (κ1) is 14.5. The molecule has 0 aliphatic heterocycles. The number of ether oxygens (including phenoxy) is 1. The Hall–Kier alpha value is -2.41. The van der Waals surface area contributed by atoms with Gasteiger partial charge in [-0.15, -0.1) is 0 Å². The fourth-order valence-electron chi connectivity index (χ4n) is 2.00. The molecule has 7 heteroatoms. The number of fused-ring (bicyclic) bond motifs is 1. The Morgan fingerprint density at radius 2 is 2.18 bits per heavy atom. The third-order valence-corrected chi connectivity index (χ3v) is 3.77. The highest BCUT2D eigenvalue weighted by Gasteiger charge is 2.09. The van der Waals surface area contributed by atoms with Crippen LogP contribution in [0.1, 0.15) is 6.92 Å². The standard InChI is InChI=1S/C15H14N4O2S/c1-2-21-14(20)10-22-15-16-8-7-13(18-15)19-12-6-4-3-5-11(12)9-17-19/h3-9H,2,10H2,1H3. The van der Waals surface area contributed by atoms with Crippen LogP contribution in [0.3, 0.4) is 0 Å². The second-order valence-corrected chi connectivity index (χ2v) is 5.35. The number of carbonyl (C=O) groups is 1. The Labute approximate surface area is 131 Å². The predicted molar refractivity (Wildman–Crippen MR) is 84.0 cm³/mol. The molecule has 0 N–H and O–H groups in total. The molecule has 112 valence electrons. The molecular weight excluding hydrogens is 300 g/mol. The molecular formula is C15H14N4O2S. The molecule has 0 saturated carbocycles. The van der Waals surface area contributed by atoms with Gasteiger partial charge in [-0.1, -0.05) is 30.0 Å². The van der Waals surface area contributed by atoms with Gasteiger partial charge in [-0.05, 0) is 13.0 Å². The maximum atomic E-state index is 11.4. The van der Waals surface area contributed by atoms with Crippen molar-refractivity contribution in [3.05, 3.63) is 42.7 Å². The van der Waals surface area contributed by atoms with Gasteiger partial charge in [-0.2, -0.15) is 5.10 Å². The van der Waals surface area contributed by atoms with E-state index in [4.69, 9.17) is 4.74 Å². The van der Waals surface area contributed by atoms with E-state index in [0.717, 1.165) is 10.9 Å². The number of esters is 1. The molecule has 3 aromatic rings. The molecule has 0 aliphatic rings. The van der Waals surface area contributed by atoms with Crippen molar-refractivity contribution in [2.45, 2.75) is 12.1 Å². The first-order valence-corrected chi connectivity index (χ1v) is 7.81. The lowest BCUT2D eigenvalue weighted by Gasteiger charge is -2.05. The molecule has 0 aliphatic carbocycles. The molecule has 0 unspecified atom stereocenters. The maximum Gasteiger partial charge on any atom is 0.316 e. The van der Waals surface area contributed by atoms with Crippen molar-refractivity contribution in [1.82, 2.24) is 19.7 Å². The second kappa shape index (κ2) is 6.57. The van der Waals surface area contributed by atoms with E-state index >= 15 is 0 Å². The molecule has 6 nitrogen and oxygen atoms in total. The molecule has 2 heterocycles. The molecule has 0 fully saturated rings. The van der Waals surface area contributed by atoms with E-state index in [-0.39, 0.29) is 11.7 Å². The molecule has 0 atom stereocenters. The molecule has 1 aromatic carbocycles. The molecule has 0 spiro atoms. The summed E-state index contributed by atoms with van der Waals surface area (Å²) in [5.74, 6) is 0.588. The van der Waals surface area contributed by atoms with Crippen molar-refractivity contribution >= 4 is 28.6 Å². The van der Waals surface area contributed by atoms with E-state index < -0.39 is 0 Å². The Kier molecular flexibility index (Phi) is 4.34. The Balaban J connectivity index is 1.83. The van der Waals surface area contributed by atoms with Gasteiger partial charge >= 0.3 is 5.97 Å². The lowest BCUT2D eigenvalue weighted by molar-refractivity contribution is -0.139. The summed E-state index contributed by atoms with van der Waals surface area (Å²) < 4.78 is 6.65. The molecule has 2 aromatic heterocycles. The van der Waals surface area contributed by atoms with Gasteiger partial charge < -0.3 is 4.74 Å². The Morgan fingerprint density at radius 3 is 3.05 bits per heavy atom. The van der Waals surface area contributed by atoms with E-state index in [0.29, 0.717) is 17.6 Å². The summed E-state index contributed by atoms with van der Waals surface area (Å²) in [7, 11) is 0. The Bertz CT molecular complexity index is 803. The number of thioether (sulfide) groups is 1. The van der Waals surface area contributed by atoms with E-state index in [9.17, 15) is 4.79 Å². The average molecular weight is 314 g/mol. The smallest absolute Gasteiger partial charge is 0.316 e. The van der Waals surface area contributed by atoms with Crippen LogP contribution in [0, 0.1) is 0 Å². The zero-order chi connectivity index (χ0) is 15.4. The SMILES string of the molecule is CCOC(=O)CSc1nccc(-n2ncc3ccccc32)n1. The third-order valence-electron chi connectivity index (χ3n) is 2.94. The van der Waals surface area contributed by atoms with Crippen molar-refractivity contribution < 1.29 is 9.53 Å². The number of aromatic nitrogens is 4. The van der Waals surface area contributed by atoms with Crippen molar-refractivity contribution in [3.63, 3.8) is 0 Å². The van der Waals surface area contributed by atoms with Crippen LogP contribution in [-0.4, -0.2) is 38.1 Å². The summed E-state index contributed by atoms with van der Waals surface area (Å²) in [6.07, 6.45) is 3.45. The van der Waals surface area contributed by atoms with Crippen molar-refractivity contribution in [2.24, 2.45) is 0 Å². The minimum atomic E-state index is -0.272. The van der Waals surface area contributed by atoms with Crippen LogP contribution in [-0.2, 0) is 9.53 Å². The van der Waals surface area contributed by atoms with E-state index in [2.05, 4.69) is 15.1 Å². The number of nitrogens with zero attached hydrogens (tertiary/aromatic N) is 4. The highest BCUT2D eigenvalue weighted by molar-refractivity contribution is 7.99. The van der Waals surface area contributed by atoms with Crippen LogP contribution in [0.2, 0.25) is 0 Å². The topological polar surface area (TPSA) is 69.9 Å². The van der Waals surface area contributed by atoms with Gasteiger partial charge in [-0.25, -0.2) is 14.6 Å². The van der Waals surface area contributed by atoms with Gasteiger partial charge in [0.25, 0.3) is 0 Å². The molecule has 22 heavy (non-hydrogen) atoms. The van der Waals surface area contributed by atoms with Gasteiger partial charge in [-0.3, -0.25) is 4.79 Å². The van der Waals surface area contributed by atoms with Crippen LogP contribution in [0.5, 0.6) is 0 Å². The molecule has 0 amide bonds. The van der Waals surface area contributed by atoms with Gasteiger partial charge in [0.2, 0.25) is 0 Å². The first-order chi connectivity index (χ1) is 10.8. The molecule has 0 radical (unpaired) electrons. The van der Waals surface area contributed by atoms with E-state index in [1.807, 2.05) is 24.3 Å². The van der Waals surface area contributed by atoms with E-state index in [1.165, 1.54) is 11.8 Å². The number of benzene rings is 1. The second-order valence-electron chi connectivity index (χ2n) is 4.41. The number of hydrogen-bond acceptors (Lipinski definition) is 6. The van der Waals surface area contributed by atoms with Crippen LogP contribution >= 0.6 is 11.8 Å². The predicted octanol–water partition coefficient (Wildman–Crippen LogP) is 2.47. The fraction of sp³-hybridized carbons (Fsp3) is 0.200. The van der Waals surface area contributed by atoms with Gasteiger partial charge in [0, 0.05) is 17.6 Å². The minimum Gasteiger partial charge on any atom is -0.465 e. The number of rotatable bonds is 5. The summed E-state index contributed by atoms with van der Waals surface area (Å²) in [6.45, 7) is 2.15. The lowest BCUT2D eigenvalue weighted by atomic mass is 10.2. The number of carbonyl (C=O) groups excluding carboxylic acids is 1. The average Bonchev–Trinajstić information content (AvgIpc) is 2.98. The van der Waals surface area contributed by atoms with Crippen LogP contribution in [0.15, 0.2) is 47.9 Å². The van der Waals surface area contributed by atoms with Crippen LogP contribution in [0.4, 0.5) is 0 Å². The zero-order valence-corrected chi connectivity index (χ0v) is 12.8. The summed E-state index contributed by atoms with van der Waals surface area (Å²) in [6, 6.07) is 9.69. The van der Waals surface area contributed by atoms with Gasteiger partial charge in [0.05, 0.1) is 24.1 Å². The summed E-state index contributed by atoms with van der Waals surface area (Å²) >= 11 is 1.25. The van der Waals surface area contributed by atoms with Crippen molar-refractivity contribution in [2.75, 3.05) is 12.4 Å². The van der Waals surface area contributed by atoms with E-state index in [1.54, 1.807) is 30.1 Å². The fourth-order valence-corrected chi connectivity index (χ4v) is 2.62. The number of para-hydroxylation sites is 1. The lowest BCUT2D eigenvalue weighted by Crippen LogP contribution is -2.07. The normalized spacial score (nSPS) is 10.8. The van der Waals surface area contributed by atoms with Crippen molar-refractivity contribution in [1.29, 1.82) is 0 Å². The maximum absolute atomic E-state index is 11.4. The number of hydrogen-bond donors (Lipinski definition) is 0. The van der Waals surface area contributed by atoms with Crippen molar-refractivity contribution in [3.8, 4) is 5.82 Å². The monoisotopic (exact) mass is 314 g/mol. The Morgan fingerprint density at radius 1 is 1.32 bits per heavy atom.